The number of aryl methyl sites for hydroxylation is 1. The first-order valence-corrected chi connectivity index (χ1v) is 7.22. The van der Waals surface area contributed by atoms with Gasteiger partial charge in [0.05, 0.1) is 24.5 Å². The third kappa shape index (κ3) is 2.91. The summed E-state index contributed by atoms with van der Waals surface area (Å²) in [6.45, 7) is 5.22. The Kier molecular flexibility index (Phi) is 3.64. The molecule has 0 aliphatic carbocycles. The minimum Gasteiger partial charge on any atom is -0.363 e. The Morgan fingerprint density at radius 1 is 1.48 bits per heavy atom. The summed E-state index contributed by atoms with van der Waals surface area (Å²) in [5, 5.41) is 10.2. The zero-order chi connectivity index (χ0) is 14.8. The maximum Gasteiger partial charge on any atom is 0.217 e. The quantitative estimate of drug-likeness (QED) is 0.903. The fourth-order valence-corrected chi connectivity index (χ4v) is 2.94. The highest BCUT2D eigenvalue weighted by Gasteiger charge is 2.25. The summed E-state index contributed by atoms with van der Waals surface area (Å²) in [6, 6.07) is 8.54. The maximum absolute atomic E-state index is 11.4. The zero-order valence-corrected chi connectivity index (χ0v) is 12.4. The number of rotatable bonds is 3. The first-order chi connectivity index (χ1) is 10.1. The summed E-state index contributed by atoms with van der Waals surface area (Å²) < 4.78 is 0. The SMILES string of the molecule is CC(=O)NC1Cc2ccccc2N(Cc2[nH]ncc2C)C1. The molecule has 0 spiro atoms. The van der Waals surface area contributed by atoms with Gasteiger partial charge in [-0.25, -0.2) is 0 Å². The lowest BCUT2D eigenvalue weighted by molar-refractivity contribution is -0.119. The van der Waals surface area contributed by atoms with Crippen molar-refractivity contribution in [1.82, 2.24) is 15.5 Å². The summed E-state index contributed by atoms with van der Waals surface area (Å²) in [5.74, 6) is 0.0250. The molecule has 3 rings (SSSR count). The van der Waals surface area contributed by atoms with E-state index in [1.165, 1.54) is 11.3 Å². The van der Waals surface area contributed by atoms with E-state index in [4.69, 9.17) is 0 Å². The highest BCUT2D eigenvalue weighted by atomic mass is 16.1. The molecule has 1 aliphatic rings. The van der Waals surface area contributed by atoms with Gasteiger partial charge in [-0.15, -0.1) is 0 Å². The van der Waals surface area contributed by atoms with Crippen LogP contribution in [0.25, 0.3) is 0 Å². The van der Waals surface area contributed by atoms with Crippen LogP contribution in [-0.4, -0.2) is 28.7 Å². The van der Waals surface area contributed by atoms with Gasteiger partial charge < -0.3 is 10.2 Å². The molecule has 1 aliphatic heterocycles. The van der Waals surface area contributed by atoms with Gasteiger partial charge in [0.15, 0.2) is 0 Å². The molecular weight excluding hydrogens is 264 g/mol. The number of nitrogens with zero attached hydrogens (tertiary/aromatic N) is 2. The van der Waals surface area contributed by atoms with Crippen molar-refractivity contribution in [3.8, 4) is 0 Å². The van der Waals surface area contributed by atoms with Crippen LogP contribution in [0.15, 0.2) is 30.5 Å². The highest BCUT2D eigenvalue weighted by molar-refractivity contribution is 5.73. The number of nitrogens with one attached hydrogen (secondary N) is 2. The lowest BCUT2D eigenvalue weighted by Crippen LogP contribution is -2.47. The van der Waals surface area contributed by atoms with E-state index in [-0.39, 0.29) is 11.9 Å². The van der Waals surface area contributed by atoms with Gasteiger partial charge in [0.2, 0.25) is 5.91 Å². The van der Waals surface area contributed by atoms with Crippen LogP contribution in [0.2, 0.25) is 0 Å². The van der Waals surface area contributed by atoms with Crippen molar-refractivity contribution in [3.63, 3.8) is 0 Å². The number of benzene rings is 1. The van der Waals surface area contributed by atoms with Gasteiger partial charge in [-0.3, -0.25) is 9.89 Å². The molecule has 5 nitrogen and oxygen atoms in total. The smallest absolute Gasteiger partial charge is 0.217 e. The van der Waals surface area contributed by atoms with Crippen LogP contribution in [0.3, 0.4) is 0 Å². The number of anilines is 1. The summed E-state index contributed by atoms with van der Waals surface area (Å²) in [6.07, 6.45) is 2.73. The number of aromatic amines is 1. The van der Waals surface area contributed by atoms with Crippen molar-refractivity contribution < 1.29 is 4.79 Å². The van der Waals surface area contributed by atoms with Crippen LogP contribution in [0, 0.1) is 6.92 Å². The normalized spacial score (nSPS) is 17.4. The van der Waals surface area contributed by atoms with Crippen LogP contribution in [0.4, 0.5) is 5.69 Å². The summed E-state index contributed by atoms with van der Waals surface area (Å²) >= 11 is 0. The molecule has 5 heteroatoms. The molecule has 0 radical (unpaired) electrons. The van der Waals surface area contributed by atoms with E-state index >= 15 is 0 Å². The van der Waals surface area contributed by atoms with Crippen molar-refractivity contribution in [1.29, 1.82) is 0 Å². The monoisotopic (exact) mass is 284 g/mol. The topological polar surface area (TPSA) is 61.0 Å². The molecule has 0 saturated heterocycles. The van der Waals surface area contributed by atoms with E-state index in [0.29, 0.717) is 0 Å². The predicted molar refractivity (Wildman–Crippen MR) is 82.1 cm³/mol. The van der Waals surface area contributed by atoms with E-state index in [2.05, 4.69) is 51.6 Å². The summed E-state index contributed by atoms with van der Waals surface area (Å²) in [5.41, 5.74) is 4.80. The summed E-state index contributed by atoms with van der Waals surface area (Å²) in [7, 11) is 0. The van der Waals surface area contributed by atoms with E-state index in [9.17, 15) is 4.79 Å². The standard InChI is InChI=1S/C16H20N4O/c1-11-8-17-19-15(11)10-20-9-14(18-12(2)21)7-13-5-3-4-6-16(13)20/h3-6,8,14H,7,9-10H2,1-2H3,(H,17,19)(H,18,21). The molecule has 2 N–H and O–H groups in total. The molecule has 0 fully saturated rings. The molecule has 1 amide bonds. The average molecular weight is 284 g/mol. The van der Waals surface area contributed by atoms with Crippen LogP contribution in [-0.2, 0) is 17.8 Å². The van der Waals surface area contributed by atoms with E-state index < -0.39 is 0 Å². The third-order valence-electron chi connectivity index (χ3n) is 3.93. The third-order valence-corrected chi connectivity index (χ3v) is 3.93. The molecule has 21 heavy (non-hydrogen) atoms. The Hall–Kier alpha value is -2.30. The van der Waals surface area contributed by atoms with E-state index in [0.717, 1.165) is 30.8 Å². The lowest BCUT2D eigenvalue weighted by Gasteiger charge is -2.36. The van der Waals surface area contributed by atoms with Crippen molar-refractivity contribution in [2.24, 2.45) is 0 Å². The van der Waals surface area contributed by atoms with Gasteiger partial charge >= 0.3 is 0 Å². The van der Waals surface area contributed by atoms with Crippen molar-refractivity contribution in [3.05, 3.63) is 47.3 Å². The molecule has 110 valence electrons. The van der Waals surface area contributed by atoms with Crippen molar-refractivity contribution >= 4 is 11.6 Å². The van der Waals surface area contributed by atoms with Gasteiger partial charge in [-0.05, 0) is 30.5 Å². The number of aromatic nitrogens is 2. The predicted octanol–water partition coefficient (Wildman–Crippen LogP) is 1.79. The molecule has 1 aromatic heterocycles. The number of hydrogen-bond donors (Lipinski definition) is 2. The number of para-hydroxylation sites is 1. The largest absolute Gasteiger partial charge is 0.363 e. The Balaban J connectivity index is 1.87. The fourth-order valence-electron chi connectivity index (χ4n) is 2.94. The minimum atomic E-state index is 0.0250. The average Bonchev–Trinajstić information content (AvgIpc) is 2.83. The number of amides is 1. The molecule has 2 heterocycles. The van der Waals surface area contributed by atoms with E-state index in [1.54, 1.807) is 6.92 Å². The van der Waals surface area contributed by atoms with Crippen molar-refractivity contribution in [2.75, 3.05) is 11.4 Å². The second kappa shape index (κ2) is 5.60. The zero-order valence-electron chi connectivity index (χ0n) is 12.4. The van der Waals surface area contributed by atoms with Crippen LogP contribution in [0.5, 0.6) is 0 Å². The molecular formula is C16H20N4O. The highest BCUT2D eigenvalue weighted by Crippen LogP contribution is 2.28. The molecule has 1 unspecified atom stereocenters. The van der Waals surface area contributed by atoms with Gasteiger partial charge in [0.1, 0.15) is 0 Å². The van der Waals surface area contributed by atoms with Crippen LogP contribution >= 0.6 is 0 Å². The number of fused-ring (bicyclic) bond motifs is 1. The van der Waals surface area contributed by atoms with Crippen LogP contribution < -0.4 is 10.2 Å². The summed E-state index contributed by atoms with van der Waals surface area (Å²) in [4.78, 5) is 13.7. The minimum absolute atomic E-state index is 0.0250. The first-order valence-electron chi connectivity index (χ1n) is 7.22. The van der Waals surface area contributed by atoms with Gasteiger partial charge in [0.25, 0.3) is 0 Å². The Morgan fingerprint density at radius 3 is 3.00 bits per heavy atom. The Morgan fingerprint density at radius 2 is 2.29 bits per heavy atom. The number of carbonyl (C=O) groups excluding carboxylic acids is 1. The number of hydrogen-bond acceptors (Lipinski definition) is 3. The van der Waals surface area contributed by atoms with Gasteiger partial charge in [-0.2, -0.15) is 5.10 Å². The van der Waals surface area contributed by atoms with Gasteiger partial charge in [0, 0.05) is 19.2 Å². The number of H-pyrrole nitrogens is 1. The molecule has 0 bridgehead atoms. The Bertz CT molecular complexity index is 649. The second-order valence-corrected chi connectivity index (χ2v) is 5.64. The van der Waals surface area contributed by atoms with Crippen molar-refractivity contribution in [2.45, 2.75) is 32.9 Å². The number of carbonyl (C=O) groups is 1. The molecule has 2 aromatic rings. The van der Waals surface area contributed by atoms with E-state index in [1.807, 2.05) is 6.20 Å². The lowest BCUT2D eigenvalue weighted by atomic mass is 9.97. The second-order valence-electron chi connectivity index (χ2n) is 5.64. The maximum atomic E-state index is 11.4. The van der Waals surface area contributed by atoms with Gasteiger partial charge in [-0.1, -0.05) is 18.2 Å². The molecule has 0 saturated carbocycles. The molecule has 1 atom stereocenters. The molecule has 1 aromatic carbocycles. The first kappa shape index (κ1) is 13.7. The fraction of sp³-hybridized carbons (Fsp3) is 0.375. The Labute approximate surface area is 124 Å². The van der Waals surface area contributed by atoms with Crippen LogP contribution in [0.1, 0.15) is 23.7 Å².